The lowest BCUT2D eigenvalue weighted by atomic mass is 9.94. The Morgan fingerprint density at radius 2 is 1.77 bits per heavy atom. The molecule has 3 atom stereocenters. The van der Waals surface area contributed by atoms with Gasteiger partial charge in [-0.2, -0.15) is 0 Å². The Balaban J connectivity index is 0.00000196. The van der Waals surface area contributed by atoms with Gasteiger partial charge in [-0.1, -0.05) is 54.6 Å². The first-order chi connectivity index (χ1) is 12.2. The summed E-state index contributed by atoms with van der Waals surface area (Å²) in [7, 11) is 0. The maximum atomic E-state index is 6.43. The van der Waals surface area contributed by atoms with Gasteiger partial charge in [0.2, 0.25) is 0 Å². The maximum absolute atomic E-state index is 6.43. The standard InChI is InChI=1S/C22H27N3.ClH/c1-16-7-5-6-10-20(16)21-15-19-14-13-18(25(19)22(23)24-21)12-11-17-8-3-2-4-9-17;/h2-10,18-19,21H,11-15H2,1H3,(H2,23,24);1H/t18-,19+,21+;/m0./s1. The summed E-state index contributed by atoms with van der Waals surface area (Å²) in [5.41, 5.74) is 10.5. The van der Waals surface area contributed by atoms with Crippen LogP contribution in [0.5, 0.6) is 0 Å². The quantitative estimate of drug-likeness (QED) is 0.852. The fourth-order valence-electron chi connectivity index (χ4n) is 4.52. The molecule has 1 saturated heterocycles. The SMILES string of the molecule is Cc1ccccc1[C@H]1C[C@H]2CC[C@H](CCc3ccccc3)N2C(N)=N1.Cl. The molecule has 4 rings (SSSR count). The lowest BCUT2D eigenvalue weighted by Gasteiger charge is -2.37. The van der Waals surface area contributed by atoms with Crippen LogP contribution in [0.1, 0.15) is 48.4 Å². The Morgan fingerprint density at radius 1 is 1.04 bits per heavy atom. The van der Waals surface area contributed by atoms with E-state index in [0.29, 0.717) is 12.1 Å². The highest BCUT2D eigenvalue weighted by Crippen LogP contribution is 2.38. The molecule has 2 aliphatic rings. The fraction of sp³-hybridized carbons (Fsp3) is 0.409. The Kier molecular flexibility index (Phi) is 5.87. The van der Waals surface area contributed by atoms with E-state index in [0.717, 1.165) is 25.2 Å². The van der Waals surface area contributed by atoms with Crippen LogP contribution in [-0.2, 0) is 6.42 Å². The number of hydrogen-bond acceptors (Lipinski definition) is 3. The van der Waals surface area contributed by atoms with E-state index in [4.69, 9.17) is 10.7 Å². The van der Waals surface area contributed by atoms with Crippen LogP contribution in [0.4, 0.5) is 0 Å². The fourth-order valence-corrected chi connectivity index (χ4v) is 4.52. The molecule has 0 amide bonds. The van der Waals surface area contributed by atoms with E-state index in [2.05, 4.69) is 66.4 Å². The number of guanidine groups is 1. The second-order valence-corrected chi connectivity index (χ2v) is 7.41. The zero-order chi connectivity index (χ0) is 17.2. The van der Waals surface area contributed by atoms with Crippen LogP contribution in [-0.4, -0.2) is 22.9 Å². The summed E-state index contributed by atoms with van der Waals surface area (Å²) in [6, 6.07) is 20.6. The smallest absolute Gasteiger partial charge is 0.192 e. The average Bonchev–Trinajstić information content (AvgIpc) is 3.05. The second kappa shape index (κ2) is 8.13. The zero-order valence-corrected chi connectivity index (χ0v) is 16.2. The third-order valence-corrected chi connectivity index (χ3v) is 5.82. The summed E-state index contributed by atoms with van der Waals surface area (Å²) in [6.45, 7) is 2.17. The van der Waals surface area contributed by atoms with E-state index in [9.17, 15) is 0 Å². The van der Waals surface area contributed by atoms with Gasteiger partial charge in [0.1, 0.15) is 0 Å². The van der Waals surface area contributed by atoms with Gasteiger partial charge in [-0.25, -0.2) is 4.99 Å². The Morgan fingerprint density at radius 3 is 2.54 bits per heavy atom. The summed E-state index contributed by atoms with van der Waals surface area (Å²) >= 11 is 0. The van der Waals surface area contributed by atoms with Crippen molar-refractivity contribution in [1.82, 2.24) is 4.90 Å². The highest BCUT2D eigenvalue weighted by atomic mass is 35.5. The van der Waals surface area contributed by atoms with E-state index >= 15 is 0 Å². The Hall–Kier alpha value is -2.00. The molecule has 2 N–H and O–H groups in total. The van der Waals surface area contributed by atoms with Crippen LogP contribution < -0.4 is 5.73 Å². The predicted octanol–water partition coefficient (Wildman–Crippen LogP) is 4.64. The number of benzene rings is 2. The maximum Gasteiger partial charge on any atom is 0.192 e. The largest absolute Gasteiger partial charge is 0.370 e. The third kappa shape index (κ3) is 3.73. The number of aliphatic imine (C=N–C) groups is 1. The van der Waals surface area contributed by atoms with Crippen LogP contribution >= 0.6 is 12.4 Å². The first-order valence-corrected chi connectivity index (χ1v) is 9.43. The van der Waals surface area contributed by atoms with E-state index in [-0.39, 0.29) is 18.4 Å². The summed E-state index contributed by atoms with van der Waals surface area (Å²) in [5.74, 6) is 0.750. The number of nitrogens with two attached hydrogens (primary N) is 1. The van der Waals surface area contributed by atoms with Gasteiger partial charge in [-0.15, -0.1) is 12.4 Å². The molecule has 0 aliphatic carbocycles. The molecule has 2 heterocycles. The molecule has 26 heavy (non-hydrogen) atoms. The van der Waals surface area contributed by atoms with Crippen LogP contribution in [0.2, 0.25) is 0 Å². The van der Waals surface area contributed by atoms with Gasteiger partial charge in [0.25, 0.3) is 0 Å². The highest BCUT2D eigenvalue weighted by molar-refractivity contribution is 5.85. The van der Waals surface area contributed by atoms with E-state index in [1.807, 2.05) is 0 Å². The van der Waals surface area contributed by atoms with E-state index < -0.39 is 0 Å². The van der Waals surface area contributed by atoms with Gasteiger partial charge in [0.05, 0.1) is 6.04 Å². The monoisotopic (exact) mass is 369 g/mol. The van der Waals surface area contributed by atoms with Crippen LogP contribution in [0, 0.1) is 6.92 Å². The molecular formula is C22H28ClN3. The van der Waals surface area contributed by atoms with Gasteiger partial charge < -0.3 is 10.6 Å². The summed E-state index contributed by atoms with van der Waals surface area (Å²) in [6.07, 6.45) is 5.83. The van der Waals surface area contributed by atoms with Crippen molar-refractivity contribution >= 4 is 18.4 Å². The molecule has 0 radical (unpaired) electrons. The molecule has 0 saturated carbocycles. The van der Waals surface area contributed by atoms with Crippen molar-refractivity contribution < 1.29 is 0 Å². The number of nitrogens with zero attached hydrogens (tertiary/aromatic N) is 2. The normalized spacial score (nSPS) is 24.6. The number of fused-ring (bicyclic) bond motifs is 1. The zero-order valence-electron chi connectivity index (χ0n) is 15.3. The van der Waals surface area contributed by atoms with Crippen molar-refractivity contribution in [1.29, 1.82) is 0 Å². The molecular weight excluding hydrogens is 342 g/mol. The van der Waals surface area contributed by atoms with E-state index in [1.54, 1.807) is 0 Å². The summed E-state index contributed by atoms with van der Waals surface area (Å²) in [4.78, 5) is 7.30. The Labute approximate surface area is 162 Å². The predicted molar refractivity (Wildman–Crippen MR) is 111 cm³/mol. The topological polar surface area (TPSA) is 41.6 Å². The lowest BCUT2D eigenvalue weighted by Crippen LogP contribution is -2.49. The van der Waals surface area contributed by atoms with Crippen molar-refractivity contribution in [2.75, 3.05) is 0 Å². The van der Waals surface area contributed by atoms with Crippen molar-refractivity contribution in [3.63, 3.8) is 0 Å². The van der Waals surface area contributed by atoms with Gasteiger partial charge in [-0.3, -0.25) is 0 Å². The number of aryl methyl sites for hydroxylation is 2. The molecule has 0 spiro atoms. The van der Waals surface area contributed by atoms with E-state index in [1.165, 1.54) is 29.5 Å². The van der Waals surface area contributed by atoms with Crippen LogP contribution in [0.3, 0.4) is 0 Å². The Bertz CT molecular complexity index is 759. The molecule has 3 nitrogen and oxygen atoms in total. The molecule has 1 fully saturated rings. The first kappa shape index (κ1) is 18.8. The van der Waals surface area contributed by atoms with Crippen molar-refractivity contribution in [3.05, 3.63) is 71.3 Å². The minimum absolute atomic E-state index is 0. The average molecular weight is 370 g/mol. The number of hydrogen-bond donors (Lipinski definition) is 1. The van der Waals surface area contributed by atoms with Crippen LogP contribution in [0.15, 0.2) is 59.6 Å². The van der Waals surface area contributed by atoms with Crippen molar-refractivity contribution in [2.24, 2.45) is 10.7 Å². The van der Waals surface area contributed by atoms with Gasteiger partial charge >= 0.3 is 0 Å². The highest BCUT2D eigenvalue weighted by Gasteiger charge is 2.39. The van der Waals surface area contributed by atoms with Gasteiger partial charge in [-0.05, 0) is 55.7 Å². The van der Waals surface area contributed by atoms with Crippen LogP contribution in [0.25, 0.3) is 0 Å². The minimum atomic E-state index is 0. The second-order valence-electron chi connectivity index (χ2n) is 7.41. The molecule has 138 valence electrons. The van der Waals surface area contributed by atoms with Gasteiger partial charge in [0, 0.05) is 12.1 Å². The summed E-state index contributed by atoms with van der Waals surface area (Å²) < 4.78 is 0. The summed E-state index contributed by atoms with van der Waals surface area (Å²) in [5, 5.41) is 0. The molecule has 2 aliphatic heterocycles. The molecule has 0 bridgehead atoms. The molecule has 4 heteroatoms. The number of rotatable bonds is 4. The van der Waals surface area contributed by atoms with Crippen molar-refractivity contribution in [3.8, 4) is 0 Å². The third-order valence-electron chi connectivity index (χ3n) is 5.82. The lowest BCUT2D eigenvalue weighted by molar-refractivity contribution is 0.256. The van der Waals surface area contributed by atoms with Crippen molar-refractivity contribution in [2.45, 2.75) is 57.2 Å². The minimum Gasteiger partial charge on any atom is -0.370 e. The molecule has 2 aromatic rings. The molecule has 0 aromatic heterocycles. The molecule has 2 aromatic carbocycles. The molecule has 0 unspecified atom stereocenters. The number of halogens is 1. The first-order valence-electron chi connectivity index (χ1n) is 9.43. The van der Waals surface area contributed by atoms with Gasteiger partial charge in [0.15, 0.2) is 5.96 Å².